The average Bonchev–Trinajstić information content (AvgIpc) is 2.57. The Balaban J connectivity index is 1.85. The van der Waals surface area contributed by atoms with E-state index in [9.17, 15) is 4.79 Å². The van der Waals surface area contributed by atoms with Crippen LogP contribution in [0, 0.1) is 0 Å². The lowest BCUT2D eigenvalue weighted by molar-refractivity contribution is -0.136. The van der Waals surface area contributed by atoms with Gasteiger partial charge in [0.1, 0.15) is 0 Å². The number of fused-ring (bicyclic) bond motifs is 1. The number of halogens is 2. The van der Waals surface area contributed by atoms with Crippen molar-refractivity contribution in [3.63, 3.8) is 0 Å². The van der Waals surface area contributed by atoms with Gasteiger partial charge in [0, 0.05) is 18.5 Å². The molecule has 0 bridgehead atoms. The summed E-state index contributed by atoms with van der Waals surface area (Å²) in [4.78, 5) is 10.7. The molecule has 2 aromatic carbocycles. The minimum atomic E-state index is -0.778. The van der Waals surface area contributed by atoms with Gasteiger partial charge in [0.25, 0.3) is 0 Å². The van der Waals surface area contributed by atoms with Crippen molar-refractivity contribution in [2.45, 2.75) is 31.2 Å². The SMILES string of the molecule is O=C(O)CCN[C@H]1CC[C@@H](c2ccc(Cl)c(Cl)c2)c2ccccc21. The van der Waals surface area contributed by atoms with E-state index >= 15 is 0 Å². The van der Waals surface area contributed by atoms with Crippen LogP contribution in [0.5, 0.6) is 0 Å². The first-order chi connectivity index (χ1) is 11.6. The number of benzene rings is 2. The number of carbonyl (C=O) groups is 1. The van der Waals surface area contributed by atoms with E-state index < -0.39 is 5.97 Å². The van der Waals surface area contributed by atoms with Gasteiger partial charge in [0.15, 0.2) is 0 Å². The second-order valence-electron chi connectivity index (χ2n) is 6.08. The summed E-state index contributed by atoms with van der Waals surface area (Å²) in [5.74, 6) is -0.492. The van der Waals surface area contributed by atoms with Gasteiger partial charge < -0.3 is 10.4 Å². The Hall–Kier alpha value is -1.55. The quantitative estimate of drug-likeness (QED) is 0.783. The highest BCUT2D eigenvalue weighted by Crippen LogP contribution is 2.42. The molecule has 3 nitrogen and oxygen atoms in total. The average molecular weight is 364 g/mol. The summed E-state index contributed by atoms with van der Waals surface area (Å²) in [6.07, 6.45) is 2.08. The van der Waals surface area contributed by atoms with Crippen LogP contribution in [0.15, 0.2) is 42.5 Å². The third kappa shape index (κ3) is 3.75. The van der Waals surface area contributed by atoms with Crippen LogP contribution in [0.4, 0.5) is 0 Å². The van der Waals surface area contributed by atoms with Crippen LogP contribution in [0.25, 0.3) is 0 Å². The molecule has 2 N–H and O–H groups in total. The Labute approximate surface area is 151 Å². The highest BCUT2D eigenvalue weighted by Gasteiger charge is 2.28. The summed E-state index contributed by atoms with van der Waals surface area (Å²) in [6.45, 7) is 0.478. The maximum absolute atomic E-state index is 10.7. The molecule has 2 atom stereocenters. The minimum absolute atomic E-state index is 0.134. The summed E-state index contributed by atoms with van der Waals surface area (Å²) in [5, 5.41) is 13.3. The number of carboxylic acids is 1. The van der Waals surface area contributed by atoms with Crippen LogP contribution in [0.1, 0.15) is 47.9 Å². The number of aliphatic carboxylic acids is 1. The summed E-state index contributed by atoms with van der Waals surface area (Å²) >= 11 is 12.2. The molecule has 0 aromatic heterocycles. The Morgan fingerprint density at radius 2 is 1.83 bits per heavy atom. The number of nitrogens with one attached hydrogen (secondary N) is 1. The van der Waals surface area contributed by atoms with Gasteiger partial charge in [-0.1, -0.05) is 53.5 Å². The zero-order valence-corrected chi connectivity index (χ0v) is 14.6. The maximum atomic E-state index is 10.7. The van der Waals surface area contributed by atoms with E-state index in [1.807, 2.05) is 30.3 Å². The molecule has 126 valence electrons. The molecule has 0 radical (unpaired) electrons. The molecule has 24 heavy (non-hydrogen) atoms. The summed E-state index contributed by atoms with van der Waals surface area (Å²) < 4.78 is 0. The molecule has 2 aromatic rings. The first-order valence-corrected chi connectivity index (χ1v) is 8.81. The molecule has 0 unspecified atom stereocenters. The van der Waals surface area contributed by atoms with Crippen LogP contribution in [0.3, 0.4) is 0 Å². The van der Waals surface area contributed by atoms with Gasteiger partial charge >= 0.3 is 5.97 Å². The van der Waals surface area contributed by atoms with Crippen LogP contribution >= 0.6 is 23.2 Å². The molecule has 1 aliphatic rings. The molecule has 0 saturated carbocycles. The monoisotopic (exact) mass is 363 g/mol. The highest BCUT2D eigenvalue weighted by atomic mass is 35.5. The van der Waals surface area contributed by atoms with Crippen molar-refractivity contribution in [2.75, 3.05) is 6.54 Å². The topological polar surface area (TPSA) is 49.3 Å². The first-order valence-electron chi connectivity index (χ1n) is 8.05. The highest BCUT2D eigenvalue weighted by molar-refractivity contribution is 6.42. The van der Waals surface area contributed by atoms with Gasteiger partial charge in [-0.05, 0) is 41.7 Å². The third-order valence-electron chi connectivity index (χ3n) is 4.57. The van der Waals surface area contributed by atoms with Crippen molar-refractivity contribution in [1.82, 2.24) is 5.32 Å². The summed E-state index contributed by atoms with van der Waals surface area (Å²) in [6, 6.07) is 14.4. The third-order valence-corrected chi connectivity index (χ3v) is 5.31. The fourth-order valence-corrected chi connectivity index (χ4v) is 3.74. The van der Waals surface area contributed by atoms with E-state index in [1.165, 1.54) is 16.7 Å². The first kappa shape index (κ1) is 17.3. The molecule has 0 amide bonds. The van der Waals surface area contributed by atoms with Crippen LogP contribution in [0.2, 0.25) is 10.0 Å². The lowest BCUT2D eigenvalue weighted by atomic mass is 9.77. The zero-order chi connectivity index (χ0) is 17.1. The number of carboxylic acid groups (broad SMARTS) is 1. The van der Waals surface area contributed by atoms with Crippen molar-refractivity contribution < 1.29 is 9.90 Å². The van der Waals surface area contributed by atoms with E-state index in [2.05, 4.69) is 17.4 Å². The molecule has 0 fully saturated rings. The Morgan fingerprint density at radius 1 is 1.08 bits per heavy atom. The van der Waals surface area contributed by atoms with E-state index in [1.54, 1.807) is 0 Å². The van der Waals surface area contributed by atoms with Crippen molar-refractivity contribution in [1.29, 1.82) is 0 Å². The predicted molar refractivity (Wildman–Crippen MR) is 97.0 cm³/mol. The van der Waals surface area contributed by atoms with Crippen LogP contribution in [-0.2, 0) is 4.79 Å². The molecule has 3 rings (SSSR count). The van der Waals surface area contributed by atoms with Gasteiger partial charge in [-0.25, -0.2) is 0 Å². The van der Waals surface area contributed by atoms with E-state index in [0.29, 0.717) is 16.6 Å². The molecule has 1 aliphatic carbocycles. The smallest absolute Gasteiger partial charge is 0.304 e. The Kier molecular flexibility index (Phi) is 5.44. The number of hydrogen-bond donors (Lipinski definition) is 2. The van der Waals surface area contributed by atoms with Crippen LogP contribution in [-0.4, -0.2) is 17.6 Å². The summed E-state index contributed by atoms with van der Waals surface area (Å²) in [7, 11) is 0. The second-order valence-corrected chi connectivity index (χ2v) is 6.90. The van der Waals surface area contributed by atoms with Gasteiger partial charge in [0.2, 0.25) is 0 Å². The van der Waals surface area contributed by atoms with Crippen molar-refractivity contribution in [3.05, 3.63) is 69.2 Å². The Bertz CT molecular complexity index is 748. The predicted octanol–water partition coefficient (Wildman–Crippen LogP) is 5.02. The minimum Gasteiger partial charge on any atom is -0.481 e. The fourth-order valence-electron chi connectivity index (χ4n) is 3.43. The number of rotatable bonds is 5. The van der Waals surface area contributed by atoms with E-state index in [-0.39, 0.29) is 18.4 Å². The van der Waals surface area contributed by atoms with Gasteiger partial charge in [-0.2, -0.15) is 0 Å². The standard InChI is InChI=1S/C19H19Cl2NO2/c20-16-7-5-12(11-17(16)21)13-6-8-18(22-10-9-19(23)24)15-4-2-1-3-14(13)15/h1-5,7,11,13,18,22H,6,8-10H2,(H,23,24)/t13-,18-/m0/s1. The number of hydrogen-bond acceptors (Lipinski definition) is 2. The zero-order valence-electron chi connectivity index (χ0n) is 13.1. The molecule has 0 saturated heterocycles. The van der Waals surface area contributed by atoms with Crippen molar-refractivity contribution >= 4 is 29.2 Å². The van der Waals surface area contributed by atoms with E-state index in [4.69, 9.17) is 28.3 Å². The maximum Gasteiger partial charge on any atom is 0.304 e. The molecule has 0 spiro atoms. The fraction of sp³-hybridized carbons (Fsp3) is 0.316. The lowest BCUT2D eigenvalue weighted by Gasteiger charge is -2.32. The molecular weight excluding hydrogens is 345 g/mol. The lowest BCUT2D eigenvalue weighted by Crippen LogP contribution is -2.28. The summed E-state index contributed by atoms with van der Waals surface area (Å²) in [5.41, 5.74) is 3.68. The molecule has 0 heterocycles. The van der Waals surface area contributed by atoms with Gasteiger partial charge in [0.05, 0.1) is 16.5 Å². The van der Waals surface area contributed by atoms with Gasteiger partial charge in [-0.15, -0.1) is 0 Å². The molecule has 5 heteroatoms. The Morgan fingerprint density at radius 3 is 2.54 bits per heavy atom. The largest absolute Gasteiger partial charge is 0.481 e. The van der Waals surface area contributed by atoms with Gasteiger partial charge in [-0.3, -0.25) is 4.79 Å². The molecular formula is C19H19Cl2NO2. The van der Waals surface area contributed by atoms with E-state index in [0.717, 1.165) is 12.8 Å². The van der Waals surface area contributed by atoms with Crippen molar-refractivity contribution in [2.24, 2.45) is 0 Å². The van der Waals surface area contributed by atoms with Crippen molar-refractivity contribution in [3.8, 4) is 0 Å². The normalized spacial score (nSPS) is 19.8. The molecule has 0 aliphatic heterocycles. The second kappa shape index (κ2) is 7.56. The van der Waals surface area contributed by atoms with Crippen LogP contribution < -0.4 is 5.32 Å².